The third-order valence-electron chi connectivity index (χ3n) is 3.13. The van der Waals surface area contributed by atoms with Crippen molar-refractivity contribution in [3.8, 4) is 11.1 Å². The van der Waals surface area contributed by atoms with E-state index < -0.39 is 17.7 Å². The third-order valence-corrected chi connectivity index (χ3v) is 3.13. The van der Waals surface area contributed by atoms with Crippen LogP contribution in [0.15, 0.2) is 48.5 Å². The zero-order valence-electron chi connectivity index (χ0n) is 11.0. The van der Waals surface area contributed by atoms with E-state index in [-0.39, 0.29) is 6.42 Å². The number of aliphatic carboxylic acids is 1. The molecule has 2 nitrogen and oxygen atoms in total. The minimum atomic E-state index is -4.33. The van der Waals surface area contributed by atoms with Gasteiger partial charge in [0.25, 0.3) is 0 Å². The van der Waals surface area contributed by atoms with Crippen molar-refractivity contribution in [2.45, 2.75) is 19.0 Å². The lowest BCUT2D eigenvalue weighted by atomic mass is 10.0. The molecule has 0 bridgehead atoms. The number of alkyl halides is 3. The van der Waals surface area contributed by atoms with Gasteiger partial charge in [0.1, 0.15) is 0 Å². The Hall–Kier alpha value is -2.30. The van der Waals surface area contributed by atoms with E-state index >= 15 is 0 Å². The predicted molar refractivity (Wildman–Crippen MR) is 72.8 cm³/mol. The molecule has 0 saturated heterocycles. The van der Waals surface area contributed by atoms with E-state index in [2.05, 4.69) is 0 Å². The summed E-state index contributed by atoms with van der Waals surface area (Å²) in [6, 6.07) is 12.1. The van der Waals surface area contributed by atoms with Crippen molar-refractivity contribution in [1.82, 2.24) is 0 Å². The van der Waals surface area contributed by atoms with Crippen LogP contribution in [-0.2, 0) is 17.4 Å². The van der Waals surface area contributed by atoms with Crippen molar-refractivity contribution in [3.63, 3.8) is 0 Å². The molecule has 2 rings (SSSR count). The fourth-order valence-electron chi connectivity index (χ4n) is 1.97. The van der Waals surface area contributed by atoms with Crippen molar-refractivity contribution in [2.24, 2.45) is 0 Å². The highest BCUT2D eigenvalue weighted by Crippen LogP contribution is 2.31. The van der Waals surface area contributed by atoms with E-state index in [0.29, 0.717) is 12.0 Å². The fraction of sp³-hybridized carbons (Fsp3) is 0.188. The minimum Gasteiger partial charge on any atom is -0.481 e. The Morgan fingerprint density at radius 3 is 1.81 bits per heavy atom. The van der Waals surface area contributed by atoms with Crippen LogP contribution in [0.2, 0.25) is 0 Å². The summed E-state index contributed by atoms with van der Waals surface area (Å²) in [5.41, 5.74) is 1.69. The summed E-state index contributed by atoms with van der Waals surface area (Å²) in [6.07, 6.45) is -3.85. The maximum Gasteiger partial charge on any atom is 0.416 e. The van der Waals surface area contributed by atoms with Crippen LogP contribution in [0.4, 0.5) is 13.2 Å². The normalized spacial score (nSPS) is 11.4. The highest BCUT2D eigenvalue weighted by Gasteiger charge is 2.29. The molecule has 0 heterocycles. The van der Waals surface area contributed by atoms with Gasteiger partial charge >= 0.3 is 12.1 Å². The Morgan fingerprint density at radius 1 is 0.905 bits per heavy atom. The number of carboxylic acid groups (broad SMARTS) is 1. The Labute approximate surface area is 119 Å². The standard InChI is InChI=1S/C16H13F3O2/c17-16(18,19)14-8-6-13(7-9-14)12-4-1-11(2-5-12)3-10-15(20)21/h1-2,4-9H,3,10H2,(H,20,21). The van der Waals surface area contributed by atoms with Crippen LogP contribution in [0.5, 0.6) is 0 Å². The van der Waals surface area contributed by atoms with Crippen molar-refractivity contribution in [3.05, 3.63) is 59.7 Å². The van der Waals surface area contributed by atoms with E-state index in [0.717, 1.165) is 23.3 Å². The van der Waals surface area contributed by atoms with Gasteiger partial charge in [-0.25, -0.2) is 0 Å². The molecule has 2 aromatic carbocycles. The minimum absolute atomic E-state index is 0.0552. The smallest absolute Gasteiger partial charge is 0.416 e. The van der Waals surface area contributed by atoms with Gasteiger partial charge in [0.05, 0.1) is 5.56 Å². The predicted octanol–water partition coefficient (Wildman–Crippen LogP) is 4.39. The zero-order valence-corrected chi connectivity index (χ0v) is 11.0. The molecule has 0 radical (unpaired) electrons. The lowest BCUT2D eigenvalue weighted by molar-refractivity contribution is -0.138. The van der Waals surface area contributed by atoms with Gasteiger partial charge < -0.3 is 5.11 Å². The molecule has 21 heavy (non-hydrogen) atoms. The SMILES string of the molecule is O=C(O)CCc1ccc(-c2ccc(C(F)(F)F)cc2)cc1. The maximum atomic E-state index is 12.5. The molecule has 1 N–H and O–H groups in total. The lowest BCUT2D eigenvalue weighted by Gasteiger charge is -2.08. The molecular weight excluding hydrogens is 281 g/mol. The maximum absolute atomic E-state index is 12.5. The lowest BCUT2D eigenvalue weighted by Crippen LogP contribution is -2.03. The van der Waals surface area contributed by atoms with E-state index in [4.69, 9.17) is 5.11 Å². The third kappa shape index (κ3) is 4.08. The molecule has 0 spiro atoms. The average molecular weight is 294 g/mol. The van der Waals surface area contributed by atoms with Crippen LogP contribution >= 0.6 is 0 Å². The second-order valence-corrected chi connectivity index (χ2v) is 4.67. The van der Waals surface area contributed by atoms with Gasteiger partial charge in [0.2, 0.25) is 0 Å². The summed E-state index contributed by atoms with van der Waals surface area (Å²) >= 11 is 0. The number of hydrogen-bond donors (Lipinski definition) is 1. The molecule has 0 atom stereocenters. The molecule has 0 fully saturated rings. The van der Waals surface area contributed by atoms with Gasteiger partial charge in [0, 0.05) is 6.42 Å². The molecular formula is C16H13F3O2. The largest absolute Gasteiger partial charge is 0.481 e. The summed E-state index contributed by atoms with van der Waals surface area (Å²) in [6.45, 7) is 0. The topological polar surface area (TPSA) is 37.3 Å². The second kappa shape index (κ2) is 5.99. The van der Waals surface area contributed by atoms with Gasteiger partial charge in [0.15, 0.2) is 0 Å². The first-order chi connectivity index (χ1) is 9.86. The molecule has 2 aromatic rings. The van der Waals surface area contributed by atoms with Gasteiger partial charge in [-0.1, -0.05) is 36.4 Å². The van der Waals surface area contributed by atoms with E-state index in [1.165, 1.54) is 12.1 Å². The van der Waals surface area contributed by atoms with E-state index in [9.17, 15) is 18.0 Å². The Balaban J connectivity index is 2.13. The summed E-state index contributed by atoms with van der Waals surface area (Å²) in [5.74, 6) is -0.859. The summed E-state index contributed by atoms with van der Waals surface area (Å²) in [7, 11) is 0. The molecule has 0 saturated carbocycles. The molecule has 0 aliphatic carbocycles. The van der Waals surface area contributed by atoms with Crippen LogP contribution < -0.4 is 0 Å². The van der Waals surface area contributed by atoms with Crippen LogP contribution in [0.1, 0.15) is 17.5 Å². The van der Waals surface area contributed by atoms with Crippen molar-refractivity contribution in [1.29, 1.82) is 0 Å². The van der Waals surface area contributed by atoms with Crippen LogP contribution in [-0.4, -0.2) is 11.1 Å². The average Bonchev–Trinajstić information content (AvgIpc) is 2.45. The van der Waals surface area contributed by atoms with Crippen LogP contribution in [0, 0.1) is 0 Å². The highest BCUT2D eigenvalue weighted by molar-refractivity contribution is 5.67. The summed E-state index contributed by atoms with van der Waals surface area (Å²) < 4.78 is 37.4. The molecule has 0 aliphatic rings. The van der Waals surface area contributed by atoms with Gasteiger partial charge in [-0.05, 0) is 35.2 Å². The summed E-state index contributed by atoms with van der Waals surface area (Å²) in [4.78, 5) is 10.5. The zero-order chi connectivity index (χ0) is 15.5. The Morgan fingerprint density at radius 2 is 1.38 bits per heavy atom. The number of aryl methyl sites for hydroxylation is 1. The number of carboxylic acids is 1. The van der Waals surface area contributed by atoms with E-state index in [1.54, 1.807) is 24.3 Å². The monoisotopic (exact) mass is 294 g/mol. The van der Waals surface area contributed by atoms with Crippen molar-refractivity contribution in [2.75, 3.05) is 0 Å². The second-order valence-electron chi connectivity index (χ2n) is 4.67. The Bertz CT molecular complexity index is 613. The highest BCUT2D eigenvalue weighted by atomic mass is 19.4. The van der Waals surface area contributed by atoms with Crippen LogP contribution in [0.3, 0.4) is 0 Å². The molecule has 5 heteroatoms. The number of hydrogen-bond acceptors (Lipinski definition) is 1. The molecule has 0 aliphatic heterocycles. The van der Waals surface area contributed by atoms with Crippen LogP contribution in [0.25, 0.3) is 11.1 Å². The Kier molecular flexibility index (Phi) is 4.31. The van der Waals surface area contributed by atoms with Crippen molar-refractivity contribution >= 4 is 5.97 Å². The summed E-state index contributed by atoms with van der Waals surface area (Å²) in [5, 5.41) is 8.61. The fourth-order valence-corrected chi connectivity index (χ4v) is 1.97. The van der Waals surface area contributed by atoms with E-state index in [1.807, 2.05) is 0 Å². The van der Waals surface area contributed by atoms with Crippen molar-refractivity contribution < 1.29 is 23.1 Å². The van der Waals surface area contributed by atoms with Gasteiger partial charge in [-0.15, -0.1) is 0 Å². The number of halogens is 3. The number of rotatable bonds is 4. The molecule has 0 aromatic heterocycles. The number of carbonyl (C=O) groups is 1. The molecule has 110 valence electrons. The quantitative estimate of drug-likeness (QED) is 0.908. The molecule has 0 amide bonds. The molecule has 0 unspecified atom stereocenters. The van der Waals surface area contributed by atoms with Gasteiger partial charge in [-0.3, -0.25) is 4.79 Å². The number of benzene rings is 2. The van der Waals surface area contributed by atoms with Gasteiger partial charge in [-0.2, -0.15) is 13.2 Å². The first-order valence-electron chi connectivity index (χ1n) is 6.34. The first kappa shape index (κ1) is 15.1. The first-order valence-corrected chi connectivity index (χ1v) is 6.34.